The fourth-order valence-corrected chi connectivity index (χ4v) is 5.17. The highest BCUT2D eigenvalue weighted by atomic mass is 35.5. The van der Waals surface area contributed by atoms with Crippen molar-refractivity contribution in [1.29, 1.82) is 0 Å². The summed E-state index contributed by atoms with van der Waals surface area (Å²) in [6.07, 6.45) is 6.44. The van der Waals surface area contributed by atoms with Crippen molar-refractivity contribution in [2.45, 2.75) is 37.3 Å². The highest BCUT2D eigenvalue weighted by Gasteiger charge is 2.19. The molecule has 0 atom stereocenters. The molecule has 1 saturated carbocycles. The van der Waals surface area contributed by atoms with E-state index in [9.17, 15) is 4.79 Å². The summed E-state index contributed by atoms with van der Waals surface area (Å²) in [5, 5.41) is 1.82. The van der Waals surface area contributed by atoms with E-state index in [1.165, 1.54) is 32.1 Å². The minimum atomic E-state index is -0.0997. The minimum Gasteiger partial charge on any atom is -0.495 e. The largest absolute Gasteiger partial charge is 0.495 e. The Balaban J connectivity index is 1.83. The fraction of sp³-hybridized carbons (Fsp3) is 0.364. The SMILES string of the molecule is COc1ccccc1-n1c(SCC2CCCCC2)nc2cc(Cl)ccc2c1=O. The van der Waals surface area contributed by atoms with Crippen LogP contribution in [0.5, 0.6) is 5.75 Å². The highest BCUT2D eigenvalue weighted by Crippen LogP contribution is 2.32. The summed E-state index contributed by atoms with van der Waals surface area (Å²) >= 11 is 7.81. The van der Waals surface area contributed by atoms with Gasteiger partial charge in [-0.3, -0.25) is 9.36 Å². The van der Waals surface area contributed by atoms with Crippen molar-refractivity contribution in [3.05, 3.63) is 57.8 Å². The molecule has 4 rings (SSSR count). The minimum absolute atomic E-state index is 0.0997. The Morgan fingerprint density at radius 3 is 2.75 bits per heavy atom. The van der Waals surface area contributed by atoms with Gasteiger partial charge in [0.2, 0.25) is 0 Å². The molecule has 1 heterocycles. The number of fused-ring (bicyclic) bond motifs is 1. The molecule has 2 aromatic carbocycles. The van der Waals surface area contributed by atoms with Crippen molar-refractivity contribution in [3.8, 4) is 11.4 Å². The molecule has 0 radical (unpaired) electrons. The number of thioether (sulfide) groups is 1. The molecule has 0 aliphatic heterocycles. The van der Waals surface area contributed by atoms with Crippen molar-refractivity contribution >= 4 is 34.3 Å². The van der Waals surface area contributed by atoms with Crippen molar-refractivity contribution in [2.75, 3.05) is 12.9 Å². The van der Waals surface area contributed by atoms with Gasteiger partial charge in [-0.05, 0) is 49.1 Å². The summed E-state index contributed by atoms with van der Waals surface area (Å²) in [5.74, 6) is 2.30. The molecule has 1 aromatic heterocycles. The number of para-hydroxylation sites is 2. The van der Waals surface area contributed by atoms with E-state index in [0.29, 0.717) is 38.4 Å². The Kier molecular flexibility index (Phi) is 5.93. The molecular weight excluding hydrogens is 392 g/mol. The maximum absolute atomic E-state index is 13.4. The molecule has 0 N–H and O–H groups in total. The molecule has 1 fully saturated rings. The molecule has 4 nitrogen and oxygen atoms in total. The van der Waals surface area contributed by atoms with E-state index >= 15 is 0 Å². The van der Waals surface area contributed by atoms with Gasteiger partial charge >= 0.3 is 0 Å². The fourth-order valence-electron chi connectivity index (χ4n) is 3.81. The maximum Gasteiger partial charge on any atom is 0.266 e. The van der Waals surface area contributed by atoms with Crippen LogP contribution in [0, 0.1) is 5.92 Å². The van der Waals surface area contributed by atoms with Gasteiger partial charge in [0.1, 0.15) is 5.75 Å². The number of hydrogen-bond donors (Lipinski definition) is 0. The third-order valence-corrected chi connectivity index (χ3v) is 6.70. The second kappa shape index (κ2) is 8.58. The maximum atomic E-state index is 13.4. The van der Waals surface area contributed by atoms with Crippen LogP contribution in [-0.2, 0) is 0 Å². The number of methoxy groups -OCH3 is 1. The lowest BCUT2D eigenvalue weighted by atomic mass is 9.91. The predicted octanol–water partition coefficient (Wildman–Crippen LogP) is 5.72. The van der Waals surface area contributed by atoms with Gasteiger partial charge in [-0.2, -0.15) is 0 Å². The Morgan fingerprint density at radius 2 is 1.96 bits per heavy atom. The highest BCUT2D eigenvalue weighted by molar-refractivity contribution is 7.99. The summed E-state index contributed by atoms with van der Waals surface area (Å²) in [6.45, 7) is 0. The third-order valence-electron chi connectivity index (χ3n) is 5.30. The Hall–Kier alpha value is -1.98. The van der Waals surface area contributed by atoms with Crippen LogP contribution in [0.15, 0.2) is 52.4 Å². The average Bonchev–Trinajstić information content (AvgIpc) is 2.73. The Morgan fingerprint density at radius 1 is 1.18 bits per heavy atom. The number of halogens is 1. The van der Waals surface area contributed by atoms with E-state index in [-0.39, 0.29) is 5.56 Å². The molecule has 6 heteroatoms. The summed E-state index contributed by atoms with van der Waals surface area (Å²) in [7, 11) is 1.62. The number of nitrogens with zero attached hydrogens (tertiary/aromatic N) is 2. The van der Waals surface area contributed by atoms with E-state index in [2.05, 4.69) is 0 Å². The predicted molar refractivity (Wildman–Crippen MR) is 116 cm³/mol. The van der Waals surface area contributed by atoms with Gasteiger partial charge in [-0.25, -0.2) is 4.98 Å². The molecule has 0 saturated heterocycles. The molecule has 146 valence electrons. The lowest BCUT2D eigenvalue weighted by Gasteiger charge is -2.22. The first-order valence-corrected chi connectivity index (χ1v) is 11.0. The van der Waals surface area contributed by atoms with Crippen LogP contribution in [0.3, 0.4) is 0 Å². The molecule has 3 aromatic rings. The standard InChI is InChI=1S/C22H23ClN2O2S/c1-27-20-10-6-5-9-19(20)25-21(26)17-12-11-16(23)13-18(17)24-22(25)28-14-15-7-3-2-4-8-15/h5-6,9-13,15H,2-4,7-8,14H2,1H3. The zero-order chi connectivity index (χ0) is 19.5. The van der Waals surface area contributed by atoms with E-state index in [1.807, 2.05) is 24.3 Å². The zero-order valence-corrected chi connectivity index (χ0v) is 17.4. The molecule has 0 amide bonds. The number of hydrogen-bond acceptors (Lipinski definition) is 4. The molecule has 1 aliphatic rings. The van der Waals surface area contributed by atoms with E-state index in [4.69, 9.17) is 21.3 Å². The smallest absolute Gasteiger partial charge is 0.266 e. The van der Waals surface area contributed by atoms with Crippen molar-refractivity contribution in [3.63, 3.8) is 0 Å². The van der Waals surface area contributed by atoms with Crippen LogP contribution in [0.25, 0.3) is 16.6 Å². The molecule has 0 bridgehead atoms. The zero-order valence-electron chi connectivity index (χ0n) is 15.9. The second-order valence-electron chi connectivity index (χ2n) is 7.18. The molecule has 28 heavy (non-hydrogen) atoms. The van der Waals surface area contributed by atoms with Crippen LogP contribution in [0.2, 0.25) is 5.02 Å². The summed E-state index contributed by atoms with van der Waals surface area (Å²) in [6, 6.07) is 12.8. The molecular formula is C22H23ClN2O2S. The average molecular weight is 415 g/mol. The van der Waals surface area contributed by atoms with Gasteiger partial charge in [0.15, 0.2) is 5.16 Å². The third kappa shape index (κ3) is 3.91. The first kappa shape index (κ1) is 19.3. The number of ether oxygens (including phenoxy) is 1. The van der Waals surface area contributed by atoms with E-state index < -0.39 is 0 Å². The summed E-state index contributed by atoms with van der Waals surface area (Å²) < 4.78 is 7.20. The van der Waals surface area contributed by atoms with Crippen molar-refractivity contribution < 1.29 is 4.74 Å². The number of aromatic nitrogens is 2. The van der Waals surface area contributed by atoms with Crippen molar-refractivity contribution in [1.82, 2.24) is 9.55 Å². The Bertz CT molecular complexity index is 1040. The van der Waals surface area contributed by atoms with Crippen LogP contribution in [0.1, 0.15) is 32.1 Å². The van der Waals surface area contributed by atoms with E-state index in [1.54, 1.807) is 41.6 Å². The van der Waals surface area contributed by atoms with Crippen LogP contribution >= 0.6 is 23.4 Å². The first-order valence-electron chi connectivity index (χ1n) is 9.66. The van der Waals surface area contributed by atoms with Gasteiger partial charge < -0.3 is 4.74 Å². The first-order chi connectivity index (χ1) is 13.7. The normalized spacial score (nSPS) is 15.1. The monoisotopic (exact) mass is 414 g/mol. The number of benzene rings is 2. The van der Waals surface area contributed by atoms with Crippen LogP contribution < -0.4 is 10.3 Å². The summed E-state index contributed by atoms with van der Waals surface area (Å²) in [5.41, 5.74) is 1.25. The molecule has 0 spiro atoms. The molecule has 1 aliphatic carbocycles. The summed E-state index contributed by atoms with van der Waals surface area (Å²) in [4.78, 5) is 18.2. The number of rotatable bonds is 5. The van der Waals surface area contributed by atoms with Crippen LogP contribution in [-0.4, -0.2) is 22.4 Å². The van der Waals surface area contributed by atoms with Crippen molar-refractivity contribution in [2.24, 2.45) is 5.92 Å². The topological polar surface area (TPSA) is 44.1 Å². The van der Waals surface area contributed by atoms with Gasteiger partial charge in [-0.1, -0.05) is 54.8 Å². The van der Waals surface area contributed by atoms with Crippen LogP contribution in [0.4, 0.5) is 0 Å². The van der Waals surface area contributed by atoms with Gasteiger partial charge in [0.05, 0.1) is 23.7 Å². The molecule has 0 unspecified atom stereocenters. The van der Waals surface area contributed by atoms with Gasteiger partial charge in [-0.15, -0.1) is 0 Å². The van der Waals surface area contributed by atoms with E-state index in [0.717, 1.165) is 5.75 Å². The van der Waals surface area contributed by atoms with Gasteiger partial charge in [0, 0.05) is 10.8 Å². The second-order valence-corrected chi connectivity index (χ2v) is 8.61. The quantitative estimate of drug-likeness (QED) is 0.395. The lowest BCUT2D eigenvalue weighted by Crippen LogP contribution is -2.23. The Labute approximate surface area is 173 Å². The van der Waals surface area contributed by atoms with Gasteiger partial charge in [0.25, 0.3) is 5.56 Å². The lowest BCUT2D eigenvalue weighted by molar-refractivity contribution is 0.390.